The van der Waals surface area contributed by atoms with Gasteiger partial charge in [0.1, 0.15) is 5.60 Å². The molecule has 1 atom stereocenters. The van der Waals surface area contributed by atoms with Crippen molar-refractivity contribution >= 4 is 22.6 Å². The Morgan fingerprint density at radius 2 is 2.08 bits per heavy atom. The molecule has 1 aliphatic rings. The first-order valence-corrected chi connectivity index (χ1v) is 8.60. The molecule has 0 bridgehead atoms. The largest absolute Gasteiger partial charge is 0.444 e. The first-order valence-electron chi connectivity index (χ1n) is 8.60. The molecule has 2 aromatic rings. The molecule has 4 nitrogen and oxygen atoms in total. The van der Waals surface area contributed by atoms with Crippen molar-refractivity contribution in [3.05, 3.63) is 42.0 Å². The molecule has 1 aliphatic heterocycles. The lowest BCUT2D eigenvalue weighted by Gasteiger charge is -2.29. The van der Waals surface area contributed by atoms with Crippen LogP contribution in [0.25, 0.3) is 10.8 Å². The van der Waals surface area contributed by atoms with E-state index in [9.17, 15) is 4.79 Å². The minimum atomic E-state index is -0.460. The van der Waals surface area contributed by atoms with E-state index in [0.29, 0.717) is 0 Å². The Balaban J connectivity index is 1.82. The fourth-order valence-electron chi connectivity index (χ4n) is 3.40. The molecule has 24 heavy (non-hydrogen) atoms. The van der Waals surface area contributed by atoms with E-state index in [2.05, 4.69) is 24.3 Å². The lowest BCUT2D eigenvalue weighted by atomic mass is 9.97. The third-order valence-electron chi connectivity index (χ3n) is 4.46. The summed E-state index contributed by atoms with van der Waals surface area (Å²) in [6, 6.07) is 12.5. The van der Waals surface area contributed by atoms with Gasteiger partial charge in [-0.1, -0.05) is 24.3 Å². The first-order chi connectivity index (χ1) is 11.3. The van der Waals surface area contributed by atoms with Gasteiger partial charge in [-0.2, -0.15) is 0 Å². The number of nitrogen functional groups attached to an aromatic ring is 1. The third kappa shape index (κ3) is 3.64. The van der Waals surface area contributed by atoms with Crippen molar-refractivity contribution < 1.29 is 9.53 Å². The molecule has 2 aromatic carbocycles. The standard InChI is InChI=1S/C20H26N2O2/c1-20(2,3)24-19(23)22-11-5-8-17(22)12-15-7-4-6-14-9-10-16(21)13-18(14)15/h4,6-7,9-10,13,17H,5,8,11-12,21H2,1-3H3/t17-/m1/s1. The summed E-state index contributed by atoms with van der Waals surface area (Å²) in [4.78, 5) is 14.3. The monoisotopic (exact) mass is 326 g/mol. The number of anilines is 1. The van der Waals surface area contributed by atoms with E-state index >= 15 is 0 Å². The van der Waals surface area contributed by atoms with Crippen LogP contribution in [0.1, 0.15) is 39.2 Å². The molecular weight excluding hydrogens is 300 g/mol. The first kappa shape index (κ1) is 16.6. The average Bonchev–Trinajstić information content (AvgIpc) is 2.94. The van der Waals surface area contributed by atoms with E-state index in [1.807, 2.05) is 37.8 Å². The van der Waals surface area contributed by atoms with E-state index in [4.69, 9.17) is 10.5 Å². The lowest BCUT2D eigenvalue weighted by molar-refractivity contribution is 0.0227. The van der Waals surface area contributed by atoms with Gasteiger partial charge in [0.15, 0.2) is 0 Å². The molecule has 1 fully saturated rings. The number of carbonyl (C=O) groups excluding carboxylic acids is 1. The Morgan fingerprint density at radius 1 is 1.29 bits per heavy atom. The summed E-state index contributed by atoms with van der Waals surface area (Å²) >= 11 is 0. The molecule has 1 heterocycles. The van der Waals surface area contributed by atoms with Crippen LogP contribution >= 0.6 is 0 Å². The fraction of sp³-hybridized carbons (Fsp3) is 0.450. The van der Waals surface area contributed by atoms with E-state index in [1.54, 1.807) is 0 Å². The number of nitrogens with zero attached hydrogens (tertiary/aromatic N) is 1. The van der Waals surface area contributed by atoms with Crippen molar-refractivity contribution in [1.82, 2.24) is 4.90 Å². The predicted molar refractivity (Wildman–Crippen MR) is 98.0 cm³/mol. The zero-order valence-corrected chi connectivity index (χ0v) is 14.7. The third-order valence-corrected chi connectivity index (χ3v) is 4.46. The number of likely N-dealkylation sites (tertiary alicyclic amines) is 1. The van der Waals surface area contributed by atoms with Crippen LogP contribution in [-0.4, -0.2) is 29.2 Å². The molecule has 1 amide bonds. The summed E-state index contributed by atoms with van der Waals surface area (Å²) in [6.07, 6.45) is 2.67. The van der Waals surface area contributed by atoms with Gasteiger partial charge in [0.05, 0.1) is 0 Å². The number of fused-ring (bicyclic) bond motifs is 1. The molecule has 0 saturated carbocycles. The van der Waals surface area contributed by atoms with Crippen molar-refractivity contribution in [3.63, 3.8) is 0 Å². The molecule has 0 aromatic heterocycles. The van der Waals surface area contributed by atoms with E-state index in [0.717, 1.165) is 31.5 Å². The van der Waals surface area contributed by atoms with Gasteiger partial charge in [0.25, 0.3) is 0 Å². The summed E-state index contributed by atoms with van der Waals surface area (Å²) < 4.78 is 5.56. The van der Waals surface area contributed by atoms with Gasteiger partial charge in [-0.3, -0.25) is 0 Å². The Bertz CT molecular complexity index is 749. The number of nitrogens with two attached hydrogens (primary N) is 1. The average molecular weight is 326 g/mol. The highest BCUT2D eigenvalue weighted by Gasteiger charge is 2.32. The zero-order valence-electron chi connectivity index (χ0n) is 14.7. The Morgan fingerprint density at radius 3 is 2.83 bits per heavy atom. The van der Waals surface area contributed by atoms with Crippen molar-refractivity contribution in [3.8, 4) is 0 Å². The van der Waals surface area contributed by atoms with Gasteiger partial charge in [0, 0.05) is 18.3 Å². The predicted octanol–water partition coefficient (Wildman–Crippen LogP) is 4.36. The molecule has 0 radical (unpaired) electrons. The molecule has 3 rings (SSSR count). The van der Waals surface area contributed by atoms with Crippen LogP contribution in [0, 0.1) is 0 Å². The number of amides is 1. The van der Waals surface area contributed by atoms with Crippen molar-refractivity contribution in [1.29, 1.82) is 0 Å². The van der Waals surface area contributed by atoms with Gasteiger partial charge in [-0.05, 0) is 68.5 Å². The van der Waals surface area contributed by atoms with Crippen LogP contribution in [0.5, 0.6) is 0 Å². The molecule has 1 saturated heterocycles. The summed E-state index contributed by atoms with van der Waals surface area (Å²) in [6.45, 7) is 6.49. The van der Waals surface area contributed by atoms with Gasteiger partial charge in [0.2, 0.25) is 0 Å². The molecule has 4 heteroatoms. The fourth-order valence-corrected chi connectivity index (χ4v) is 3.40. The quantitative estimate of drug-likeness (QED) is 0.834. The zero-order chi connectivity index (χ0) is 17.3. The maximum Gasteiger partial charge on any atom is 0.410 e. The van der Waals surface area contributed by atoms with Crippen LogP contribution in [0.3, 0.4) is 0 Å². The molecule has 0 spiro atoms. The number of hydrogen-bond donors (Lipinski definition) is 1. The summed E-state index contributed by atoms with van der Waals surface area (Å²) in [5, 5.41) is 2.36. The maximum atomic E-state index is 12.5. The number of benzene rings is 2. The summed E-state index contributed by atoms with van der Waals surface area (Å²) in [5.74, 6) is 0. The van der Waals surface area contributed by atoms with Gasteiger partial charge >= 0.3 is 6.09 Å². The maximum absolute atomic E-state index is 12.5. The molecule has 0 aliphatic carbocycles. The summed E-state index contributed by atoms with van der Waals surface area (Å²) in [5.41, 5.74) is 7.51. The molecule has 2 N–H and O–H groups in total. The second-order valence-corrected chi connectivity index (χ2v) is 7.57. The summed E-state index contributed by atoms with van der Waals surface area (Å²) in [7, 11) is 0. The van der Waals surface area contributed by atoms with Crippen LogP contribution < -0.4 is 5.73 Å². The minimum Gasteiger partial charge on any atom is -0.444 e. The minimum absolute atomic E-state index is 0.187. The molecule has 0 unspecified atom stereocenters. The van der Waals surface area contributed by atoms with Crippen molar-refractivity contribution in [2.24, 2.45) is 0 Å². The second kappa shape index (κ2) is 6.34. The van der Waals surface area contributed by atoms with E-state index < -0.39 is 5.60 Å². The van der Waals surface area contributed by atoms with Crippen LogP contribution in [0.2, 0.25) is 0 Å². The normalized spacial score (nSPS) is 18.1. The Labute approximate surface area is 143 Å². The highest BCUT2D eigenvalue weighted by atomic mass is 16.6. The van der Waals surface area contributed by atoms with E-state index in [1.165, 1.54) is 16.3 Å². The lowest BCUT2D eigenvalue weighted by Crippen LogP contribution is -2.40. The van der Waals surface area contributed by atoms with Crippen molar-refractivity contribution in [2.45, 2.75) is 51.7 Å². The van der Waals surface area contributed by atoms with Crippen molar-refractivity contribution in [2.75, 3.05) is 12.3 Å². The smallest absolute Gasteiger partial charge is 0.410 e. The highest BCUT2D eigenvalue weighted by molar-refractivity contribution is 5.88. The Hall–Kier alpha value is -2.23. The Kier molecular flexibility index (Phi) is 4.39. The van der Waals surface area contributed by atoms with Crippen LogP contribution in [0.15, 0.2) is 36.4 Å². The number of rotatable bonds is 2. The number of hydrogen-bond acceptors (Lipinski definition) is 3. The highest BCUT2D eigenvalue weighted by Crippen LogP contribution is 2.28. The SMILES string of the molecule is CC(C)(C)OC(=O)N1CCC[C@@H]1Cc1cccc2ccc(N)cc12. The second-order valence-electron chi connectivity index (χ2n) is 7.57. The topological polar surface area (TPSA) is 55.6 Å². The molecule has 128 valence electrons. The van der Waals surface area contributed by atoms with Crippen LogP contribution in [-0.2, 0) is 11.2 Å². The van der Waals surface area contributed by atoms with Gasteiger partial charge in [-0.25, -0.2) is 4.79 Å². The number of carbonyl (C=O) groups is 1. The van der Waals surface area contributed by atoms with Crippen LogP contribution in [0.4, 0.5) is 10.5 Å². The van der Waals surface area contributed by atoms with Gasteiger partial charge in [-0.15, -0.1) is 0 Å². The van der Waals surface area contributed by atoms with E-state index in [-0.39, 0.29) is 12.1 Å². The van der Waals surface area contributed by atoms with Gasteiger partial charge < -0.3 is 15.4 Å². The number of ether oxygens (including phenoxy) is 1. The molecular formula is C20H26N2O2.